The van der Waals surface area contributed by atoms with Gasteiger partial charge in [0, 0.05) is 18.2 Å². The number of nitro benzene ring substituents is 1. The number of amides is 4. The Labute approximate surface area is 215 Å². The van der Waals surface area contributed by atoms with Gasteiger partial charge in [0.2, 0.25) is 6.79 Å². The van der Waals surface area contributed by atoms with Crippen LogP contribution in [0.15, 0.2) is 66.2 Å². The van der Waals surface area contributed by atoms with E-state index in [1.54, 1.807) is 36.4 Å². The van der Waals surface area contributed by atoms with E-state index in [0.29, 0.717) is 34.1 Å². The van der Waals surface area contributed by atoms with Crippen molar-refractivity contribution in [3.8, 4) is 23.0 Å². The number of hydrogen-bond donors (Lipinski definition) is 1. The minimum absolute atomic E-state index is 0.0232. The van der Waals surface area contributed by atoms with Crippen molar-refractivity contribution in [1.29, 1.82) is 0 Å². The third-order valence-electron chi connectivity index (χ3n) is 5.73. The molecule has 5 rings (SSSR count). The molecule has 0 atom stereocenters. The number of methoxy groups -OCH3 is 1. The van der Waals surface area contributed by atoms with Crippen molar-refractivity contribution in [1.82, 2.24) is 5.32 Å². The van der Waals surface area contributed by atoms with E-state index in [4.69, 9.17) is 18.9 Å². The lowest BCUT2D eigenvalue weighted by atomic mass is 10.1. The zero-order valence-electron chi connectivity index (χ0n) is 19.8. The van der Waals surface area contributed by atoms with Gasteiger partial charge in [0.15, 0.2) is 23.0 Å². The monoisotopic (exact) mass is 517 g/mol. The number of non-ortho nitro benzene ring substituents is 1. The van der Waals surface area contributed by atoms with E-state index in [-0.39, 0.29) is 30.3 Å². The Morgan fingerprint density at radius 2 is 1.84 bits per heavy atom. The number of carbonyl (C=O) groups excluding carboxylic acids is 3. The van der Waals surface area contributed by atoms with E-state index in [9.17, 15) is 24.5 Å². The van der Waals surface area contributed by atoms with Crippen LogP contribution in [-0.4, -0.2) is 36.7 Å². The first-order valence-electron chi connectivity index (χ1n) is 11.2. The van der Waals surface area contributed by atoms with Gasteiger partial charge in [-0.2, -0.15) is 0 Å². The molecule has 12 nitrogen and oxygen atoms in total. The molecule has 1 N–H and O–H groups in total. The number of hydrogen-bond acceptors (Lipinski definition) is 9. The maximum Gasteiger partial charge on any atom is 0.335 e. The molecule has 3 aromatic carbocycles. The molecule has 2 aliphatic heterocycles. The summed E-state index contributed by atoms with van der Waals surface area (Å²) in [6, 6.07) is 14.4. The van der Waals surface area contributed by atoms with Crippen molar-refractivity contribution in [2.45, 2.75) is 6.61 Å². The van der Waals surface area contributed by atoms with Crippen molar-refractivity contribution >= 4 is 35.3 Å². The number of carbonyl (C=O) groups is 3. The second-order valence-corrected chi connectivity index (χ2v) is 8.12. The minimum atomic E-state index is -0.890. The maximum absolute atomic E-state index is 13.2. The number of rotatable bonds is 7. The molecule has 0 radical (unpaired) electrons. The summed E-state index contributed by atoms with van der Waals surface area (Å²) in [5.74, 6) is -0.166. The van der Waals surface area contributed by atoms with E-state index in [0.717, 1.165) is 4.90 Å². The minimum Gasteiger partial charge on any atom is -0.493 e. The number of nitrogens with one attached hydrogen (secondary N) is 1. The van der Waals surface area contributed by atoms with Crippen molar-refractivity contribution < 1.29 is 38.3 Å². The molecule has 38 heavy (non-hydrogen) atoms. The fraction of sp³-hybridized carbons (Fsp3) is 0.115. The number of ether oxygens (including phenoxy) is 4. The first-order valence-corrected chi connectivity index (χ1v) is 11.2. The average molecular weight is 517 g/mol. The normalized spacial score (nSPS) is 15.4. The molecule has 0 unspecified atom stereocenters. The van der Waals surface area contributed by atoms with Crippen LogP contribution < -0.4 is 29.2 Å². The number of barbiturate groups is 1. The molecule has 0 aromatic heterocycles. The Hall–Kier alpha value is -5.39. The molecule has 0 spiro atoms. The van der Waals surface area contributed by atoms with Gasteiger partial charge >= 0.3 is 6.03 Å². The Morgan fingerprint density at radius 3 is 2.63 bits per heavy atom. The smallest absolute Gasteiger partial charge is 0.335 e. The summed E-state index contributed by atoms with van der Waals surface area (Å²) in [4.78, 5) is 49.6. The number of urea groups is 1. The highest BCUT2D eigenvalue weighted by Gasteiger charge is 2.37. The highest BCUT2D eigenvalue weighted by Crippen LogP contribution is 2.36. The Balaban J connectivity index is 1.38. The Morgan fingerprint density at radius 1 is 1.03 bits per heavy atom. The third kappa shape index (κ3) is 4.69. The second kappa shape index (κ2) is 9.93. The lowest BCUT2D eigenvalue weighted by Crippen LogP contribution is -2.54. The van der Waals surface area contributed by atoms with Gasteiger partial charge in [0.25, 0.3) is 17.5 Å². The second-order valence-electron chi connectivity index (χ2n) is 8.12. The average Bonchev–Trinajstić information content (AvgIpc) is 3.38. The summed E-state index contributed by atoms with van der Waals surface area (Å²) in [5.41, 5.74) is 0.907. The predicted molar refractivity (Wildman–Crippen MR) is 132 cm³/mol. The van der Waals surface area contributed by atoms with E-state index in [1.807, 2.05) is 0 Å². The van der Waals surface area contributed by atoms with Crippen molar-refractivity contribution in [3.63, 3.8) is 0 Å². The number of nitro groups is 1. The first-order chi connectivity index (χ1) is 18.3. The predicted octanol–water partition coefficient (Wildman–Crippen LogP) is 3.58. The molecule has 2 aliphatic rings. The zero-order valence-corrected chi connectivity index (χ0v) is 19.8. The van der Waals surface area contributed by atoms with Gasteiger partial charge in [-0.25, -0.2) is 9.69 Å². The highest BCUT2D eigenvalue weighted by molar-refractivity contribution is 6.39. The standard InChI is InChI=1S/C26H19N3O9/c1-35-22-11-15(5-7-20(22)36-13-16-3-2-4-18(9-16)29(33)34)10-19-24(30)27-26(32)28(25(19)31)17-6-8-21-23(12-17)38-14-37-21/h2-12H,13-14H2,1H3,(H,27,30,32)/b19-10+. The molecule has 2 heterocycles. The van der Waals surface area contributed by atoms with Crippen LogP contribution in [0.1, 0.15) is 11.1 Å². The van der Waals surface area contributed by atoms with Gasteiger partial charge in [-0.3, -0.25) is 25.0 Å². The summed E-state index contributed by atoms with van der Waals surface area (Å²) in [6.45, 7) is 0.0708. The van der Waals surface area contributed by atoms with Gasteiger partial charge < -0.3 is 18.9 Å². The first kappa shape index (κ1) is 24.3. The zero-order chi connectivity index (χ0) is 26.8. The molecule has 4 amide bonds. The van der Waals surface area contributed by atoms with Gasteiger partial charge in [0.1, 0.15) is 12.2 Å². The molecule has 192 valence electrons. The molecule has 1 fully saturated rings. The number of fused-ring (bicyclic) bond motifs is 1. The SMILES string of the molecule is COc1cc(/C=C2\C(=O)NC(=O)N(c3ccc4c(c3)OCO4)C2=O)ccc1OCc1cccc([N+](=O)[O-])c1. The molecular weight excluding hydrogens is 498 g/mol. The molecule has 0 bridgehead atoms. The summed E-state index contributed by atoms with van der Waals surface area (Å²) >= 11 is 0. The van der Waals surface area contributed by atoms with Crippen molar-refractivity contribution in [3.05, 3.63) is 87.5 Å². The van der Waals surface area contributed by atoms with Crippen LogP contribution in [0.4, 0.5) is 16.2 Å². The summed E-state index contributed by atoms with van der Waals surface area (Å²) in [7, 11) is 1.42. The van der Waals surface area contributed by atoms with E-state index in [2.05, 4.69) is 5.32 Å². The van der Waals surface area contributed by atoms with Crippen molar-refractivity contribution in [2.75, 3.05) is 18.8 Å². The number of nitrogens with zero attached hydrogens (tertiary/aromatic N) is 2. The molecule has 3 aromatic rings. The topological polar surface area (TPSA) is 147 Å². The molecule has 0 aliphatic carbocycles. The van der Waals surface area contributed by atoms with E-state index >= 15 is 0 Å². The molecule has 12 heteroatoms. The van der Waals surface area contributed by atoms with Crippen LogP contribution in [0, 0.1) is 10.1 Å². The number of anilines is 1. The quantitative estimate of drug-likeness (QED) is 0.215. The lowest BCUT2D eigenvalue weighted by Gasteiger charge is -2.26. The van der Waals surface area contributed by atoms with Gasteiger partial charge in [-0.05, 0) is 41.5 Å². The highest BCUT2D eigenvalue weighted by atomic mass is 16.7. The lowest BCUT2D eigenvalue weighted by molar-refractivity contribution is -0.384. The van der Waals surface area contributed by atoms with Gasteiger partial charge in [-0.1, -0.05) is 18.2 Å². The van der Waals surface area contributed by atoms with Crippen LogP contribution in [-0.2, 0) is 16.2 Å². The summed E-state index contributed by atoms with van der Waals surface area (Å²) < 4.78 is 21.7. The number of imide groups is 2. The van der Waals surface area contributed by atoms with E-state index in [1.165, 1.54) is 37.5 Å². The van der Waals surface area contributed by atoms with Crippen LogP contribution in [0.2, 0.25) is 0 Å². The van der Waals surface area contributed by atoms with Gasteiger partial charge in [-0.15, -0.1) is 0 Å². The molecule has 1 saturated heterocycles. The fourth-order valence-corrected chi connectivity index (χ4v) is 3.90. The van der Waals surface area contributed by atoms with Crippen molar-refractivity contribution in [2.24, 2.45) is 0 Å². The van der Waals surface area contributed by atoms with E-state index < -0.39 is 22.8 Å². The van der Waals surface area contributed by atoms with Crippen LogP contribution in [0.5, 0.6) is 23.0 Å². The molecule has 0 saturated carbocycles. The third-order valence-corrected chi connectivity index (χ3v) is 5.73. The van der Waals surface area contributed by atoms with Crippen LogP contribution in [0.25, 0.3) is 6.08 Å². The molecular formula is C26H19N3O9. The largest absolute Gasteiger partial charge is 0.493 e. The van der Waals surface area contributed by atoms with Gasteiger partial charge in [0.05, 0.1) is 17.7 Å². The number of benzene rings is 3. The Bertz CT molecular complexity index is 1520. The Kier molecular flexibility index (Phi) is 6.35. The summed E-state index contributed by atoms with van der Waals surface area (Å²) in [5, 5.41) is 13.2. The summed E-state index contributed by atoms with van der Waals surface area (Å²) in [6.07, 6.45) is 1.33. The van der Waals surface area contributed by atoms with Crippen LogP contribution in [0.3, 0.4) is 0 Å². The maximum atomic E-state index is 13.2. The van der Waals surface area contributed by atoms with Crippen LogP contribution >= 0.6 is 0 Å². The fourth-order valence-electron chi connectivity index (χ4n) is 3.90.